The van der Waals surface area contributed by atoms with Crippen LogP contribution < -0.4 is 5.73 Å². The Morgan fingerprint density at radius 2 is 2.06 bits per heavy atom. The van der Waals surface area contributed by atoms with E-state index in [0.29, 0.717) is 11.4 Å². The van der Waals surface area contributed by atoms with Gasteiger partial charge in [0.1, 0.15) is 11.9 Å². The van der Waals surface area contributed by atoms with Gasteiger partial charge in [0.15, 0.2) is 0 Å². The molecule has 0 amide bonds. The molecule has 0 aromatic carbocycles. The van der Waals surface area contributed by atoms with E-state index in [1.807, 2.05) is 20.8 Å². The third-order valence-corrected chi connectivity index (χ3v) is 2.58. The molecule has 2 atom stereocenters. The molecule has 0 aliphatic rings. The zero-order chi connectivity index (χ0) is 12.3. The normalized spacial score (nSPS) is 15.8. The molecule has 16 heavy (non-hydrogen) atoms. The van der Waals surface area contributed by atoms with E-state index < -0.39 is 6.10 Å². The second-order valence-electron chi connectivity index (χ2n) is 4.95. The first-order valence-electron chi connectivity index (χ1n) is 5.29. The number of nitrogens with zero attached hydrogens (tertiary/aromatic N) is 1. The molecule has 2 unspecified atom stereocenters. The topological polar surface area (TPSA) is 68.4 Å². The van der Waals surface area contributed by atoms with Crippen LogP contribution in [0.15, 0.2) is 18.3 Å². The van der Waals surface area contributed by atoms with E-state index >= 15 is 0 Å². The largest absolute Gasteiger partial charge is 0.386 e. The number of nitrogens with two attached hydrogens (primary N) is 1. The number of nitrogen functional groups attached to an aromatic ring is 1. The van der Waals surface area contributed by atoms with Gasteiger partial charge in [-0.25, -0.2) is 4.98 Å². The second kappa shape index (κ2) is 4.80. The molecule has 4 nitrogen and oxygen atoms in total. The van der Waals surface area contributed by atoms with Crippen molar-refractivity contribution in [3.63, 3.8) is 0 Å². The Labute approximate surface area is 96.5 Å². The van der Waals surface area contributed by atoms with E-state index in [1.54, 1.807) is 25.4 Å². The van der Waals surface area contributed by atoms with Crippen LogP contribution in [0.4, 0.5) is 5.82 Å². The van der Waals surface area contributed by atoms with Crippen LogP contribution in [-0.2, 0) is 4.74 Å². The highest BCUT2D eigenvalue weighted by atomic mass is 16.5. The third-order valence-electron chi connectivity index (χ3n) is 2.58. The van der Waals surface area contributed by atoms with Crippen LogP contribution in [0.2, 0.25) is 0 Å². The zero-order valence-electron chi connectivity index (χ0n) is 10.3. The van der Waals surface area contributed by atoms with Gasteiger partial charge in [-0.3, -0.25) is 0 Å². The van der Waals surface area contributed by atoms with Crippen LogP contribution in [0, 0.1) is 5.41 Å². The van der Waals surface area contributed by atoms with Crippen molar-refractivity contribution in [2.75, 3.05) is 12.8 Å². The molecule has 0 saturated heterocycles. The monoisotopic (exact) mass is 224 g/mol. The highest BCUT2D eigenvalue weighted by Crippen LogP contribution is 2.33. The summed E-state index contributed by atoms with van der Waals surface area (Å²) < 4.78 is 5.35. The molecule has 1 aromatic heterocycles. The number of hydrogen-bond donors (Lipinski definition) is 2. The van der Waals surface area contributed by atoms with Crippen molar-refractivity contribution < 1.29 is 9.84 Å². The number of methoxy groups -OCH3 is 1. The van der Waals surface area contributed by atoms with Gasteiger partial charge in [0.05, 0.1) is 6.10 Å². The average Bonchev–Trinajstić information content (AvgIpc) is 2.17. The van der Waals surface area contributed by atoms with Gasteiger partial charge in [-0.2, -0.15) is 0 Å². The van der Waals surface area contributed by atoms with E-state index in [0.717, 1.165) is 0 Å². The molecular weight excluding hydrogens is 204 g/mol. The molecule has 0 aliphatic carbocycles. The van der Waals surface area contributed by atoms with Crippen molar-refractivity contribution in [2.45, 2.75) is 33.0 Å². The molecule has 0 fully saturated rings. The minimum absolute atomic E-state index is 0.170. The van der Waals surface area contributed by atoms with Crippen LogP contribution in [0.3, 0.4) is 0 Å². The Balaban J connectivity index is 3.01. The predicted molar refractivity (Wildman–Crippen MR) is 63.9 cm³/mol. The Kier molecular flexibility index (Phi) is 3.88. The average molecular weight is 224 g/mol. The fraction of sp³-hybridized carbons (Fsp3) is 0.583. The van der Waals surface area contributed by atoms with Crippen molar-refractivity contribution in [2.24, 2.45) is 5.41 Å². The van der Waals surface area contributed by atoms with E-state index in [4.69, 9.17) is 10.5 Å². The number of pyridine rings is 1. The molecular formula is C12H20N2O2. The van der Waals surface area contributed by atoms with Gasteiger partial charge >= 0.3 is 0 Å². The second-order valence-corrected chi connectivity index (χ2v) is 4.95. The molecule has 4 heteroatoms. The summed E-state index contributed by atoms with van der Waals surface area (Å²) in [6.07, 6.45) is 0.516. The smallest absolute Gasteiger partial charge is 0.129 e. The lowest BCUT2D eigenvalue weighted by Crippen LogP contribution is -2.34. The standard InChI is InChI=1S/C12H20N2O2/c1-12(2,3)10(16-4)9(15)8-6-5-7-14-11(8)13/h5-7,9-10,15H,1-4H3,(H2,13,14). The fourth-order valence-electron chi connectivity index (χ4n) is 1.80. The first-order chi connectivity index (χ1) is 7.38. The van der Waals surface area contributed by atoms with Gasteiger partial charge in [-0.1, -0.05) is 26.8 Å². The van der Waals surface area contributed by atoms with Crippen molar-refractivity contribution in [3.05, 3.63) is 23.9 Å². The van der Waals surface area contributed by atoms with E-state index in [-0.39, 0.29) is 11.5 Å². The predicted octanol–water partition coefficient (Wildman–Crippen LogP) is 1.76. The van der Waals surface area contributed by atoms with E-state index in [2.05, 4.69) is 4.98 Å². The number of hydrogen-bond acceptors (Lipinski definition) is 4. The number of aromatic nitrogens is 1. The zero-order valence-corrected chi connectivity index (χ0v) is 10.3. The summed E-state index contributed by atoms with van der Waals surface area (Å²) in [6.45, 7) is 6.03. The lowest BCUT2D eigenvalue weighted by atomic mass is 9.83. The highest BCUT2D eigenvalue weighted by molar-refractivity contribution is 5.40. The Hall–Kier alpha value is -1.13. The van der Waals surface area contributed by atoms with Crippen molar-refractivity contribution in [1.29, 1.82) is 0 Å². The summed E-state index contributed by atoms with van der Waals surface area (Å²) in [6, 6.07) is 3.52. The van der Waals surface area contributed by atoms with E-state index in [1.165, 1.54) is 0 Å². The molecule has 0 aliphatic heterocycles. The Morgan fingerprint density at radius 1 is 1.44 bits per heavy atom. The van der Waals surface area contributed by atoms with Crippen molar-refractivity contribution in [3.8, 4) is 0 Å². The van der Waals surface area contributed by atoms with Gasteiger partial charge in [-0.15, -0.1) is 0 Å². The quantitative estimate of drug-likeness (QED) is 0.821. The minimum Gasteiger partial charge on any atom is -0.386 e. The van der Waals surface area contributed by atoms with Gasteiger partial charge < -0.3 is 15.6 Å². The summed E-state index contributed by atoms with van der Waals surface area (Å²) in [5.41, 5.74) is 6.18. The summed E-state index contributed by atoms with van der Waals surface area (Å²) in [4.78, 5) is 3.96. The lowest BCUT2D eigenvalue weighted by Gasteiger charge is -2.33. The summed E-state index contributed by atoms with van der Waals surface area (Å²) >= 11 is 0. The maximum Gasteiger partial charge on any atom is 0.129 e. The fourth-order valence-corrected chi connectivity index (χ4v) is 1.80. The SMILES string of the molecule is COC(C(O)c1cccnc1N)C(C)(C)C. The maximum absolute atomic E-state index is 10.3. The molecule has 90 valence electrons. The number of aliphatic hydroxyl groups excluding tert-OH is 1. The third kappa shape index (κ3) is 2.71. The number of anilines is 1. The Bertz CT molecular complexity index is 347. The minimum atomic E-state index is -0.765. The molecule has 0 bridgehead atoms. The molecule has 0 spiro atoms. The molecule has 0 radical (unpaired) electrons. The van der Waals surface area contributed by atoms with Crippen LogP contribution in [0.25, 0.3) is 0 Å². The van der Waals surface area contributed by atoms with Gasteiger partial charge in [0.2, 0.25) is 0 Å². The molecule has 1 aromatic rings. The first kappa shape index (κ1) is 12.9. The summed E-state index contributed by atoms with van der Waals surface area (Å²) in [5.74, 6) is 0.348. The Morgan fingerprint density at radius 3 is 2.50 bits per heavy atom. The first-order valence-corrected chi connectivity index (χ1v) is 5.29. The van der Waals surface area contributed by atoms with Gasteiger partial charge in [0.25, 0.3) is 0 Å². The van der Waals surface area contributed by atoms with E-state index in [9.17, 15) is 5.11 Å². The van der Waals surface area contributed by atoms with Crippen molar-refractivity contribution in [1.82, 2.24) is 4.98 Å². The summed E-state index contributed by atoms with van der Waals surface area (Å²) in [7, 11) is 1.59. The molecule has 1 heterocycles. The van der Waals surface area contributed by atoms with Gasteiger partial charge in [0, 0.05) is 18.9 Å². The summed E-state index contributed by atoms with van der Waals surface area (Å²) in [5, 5.41) is 10.3. The number of rotatable bonds is 3. The van der Waals surface area contributed by atoms with Crippen LogP contribution in [0.5, 0.6) is 0 Å². The van der Waals surface area contributed by atoms with Crippen LogP contribution in [-0.4, -0.2) is 23.3 Å². The molecule has 0 saturated carbocycles. The maximum atomic E-state index is 10.3. The van der Waals surface area contributed by atoms with Crippen LogP contribution >= 0.6 is 0 Å². The highest BCUT2D eigenvalue weighted by Gasteiger charge is 2.33. The van der Waals surface area contributed by atoms with Crippen molar-refractivity contribution >= 4 is 5.82 Å². The number of aliphatic hydroxyl groups is 1. The number of ether oxygens (including phenoxy) is 1. The molecule has 3 N–H and O–H groups in total. The molecule has 1 rings (SSSR count). The van der Waals surface area contributed by atoms with Gasteiger partial charge in [-0.05, 0) is 11.5 Å². The van der Waals surface area contributed by atoms with Crippen LogP contribution in [0.1, 0.15) is 32.4 Å². The lowest BCUT2D eigenvalue weighted by molar-refractivity contribution is -0.0722.